The molecule has 1 unspecified atom stereocenters. The summed E-state index contributed by atoms with van der Waals surface area (Å²) in [5.41, 5.74) is 0. The molecule has 0 aromatic carbocycles. The average molecular weight is 802 g/mol. The van der Waals surface area contributed by atoms with Gasteiger partial charge >= 0.3 is 5.97 Å². The first-order valence-corrected chi connectivity index (χ1v) is 25.2. The van der Waals surface area contributed by atoms with Crippen LogP contribution in [0.25, 0.3) is 0 Å². The second kappa shape index (κ2) is 43.8. The molecule has 1 N–H and O–H groups in total. The highest BCUT2D eigenvalue weighted by atomic mass is 16.5. The number of nitrogens with zero attached hydrogens (tertiary/aromatic N) is 4. The number of esters is 1. The molecule has 0 saturated heterocycles. The summed E-state index contributed by atoms with van der Waals surface area (Å²) in [6.45, 7) is 13.1. The molecule has 0 aliphatic carbocycles. The summed E-state index contributed by atoms with van der Waals surface area (Å²) in [6, 6.07) is 0. The van der Waals surface area contributed by atoms with Gasteiger partial charge in [0.25, 0.3) is 0 Å². The van der Waals surface area contributed by atoms with Gasteiger partial charge in [0.05, 0.1) is 0 Å². The van der Waals surface area contributed by atoms with E-state index in [1.165, 1.54) is 193 Å². The molecule has 0 aliphatic rings. The predicted octanol–water partition coefficient (Wildman–Crippen LogP) is 14.5. The molecular formula is C50H99N5O2. The molecule has 1 atom stereocenters. The van der Waals surface area contributed by atoms with Crippen LogP contribution in [0.15, 0.2) is 4.99 Å². The van der Waals surface area contributed by atoms with E-state index >= 15 is 0 Å². The van der Waals surface area contributed by atoms with Crippen molar-refractivity contribution in [2.24, 2.45) is 10.9 Å². The van der Waals surface area contributed by atoms with Crippen LogP contribution >= 0.6 is 0 Å². The second-order valence-electron chi connectivity index (χ2n) is 17.7. The predicted molar refractivity (Wildman–Crippen MR) is 249 cm³/mol. The van der Waals surface area contributed by atoms with E-state index in [4.69, 9.17) is 10.00 Å². The number of carbonyl (C=O) groups is 1. The lowest BCUT2D eigenvalue weighted by Gasteiger charge is -2.22. The van der Waals surface area contributed by atoms with Crippen LogP contribution < -0.4 is 5.32 Å². The van der Waals surface area contributed by atoms with Crippen LogP contribution in [0, 0.1) is 17.4 Å². The van der Waals surface area contributed by atoms with Crippen molar-refractivity contribution >= 4 is 11.9 Å². The monoisotopic (exact) mass is 802 g/mol. The lowest BCUT2D eigenvalue weighted by Crippen LogP contribution is -2.34. The summed E-state index contributed by atoms with van der Waals surface area (Å²) in [5.74, 6) is 1.60. The Kier molecular flexibility index (Phi) is 42.4. The average Bonchev–Trinajstić information content (AvgIpc) is 3.20. The van der Waals surface area contributed by atoms with E-state index in [9.17, 15) is 4.79 Å². The van der Waals surface area contributed by atoms with Crippen LogP contribution in [-0.4, -0.2) is 68.1 Å². The van der Waals surface area contributed by atoms with Crippen LogP contribution in [0.3, 0.4) is 0 Å². The van der Waals surface area contributed by atoms with Crippen molar-refractivity contribution in [1.29, 1.82) is 5.26 Å². The van der Waals surface area contributed by atoms with E-state index in [2.05, 4.69) is 42.9 Å². The SMILES string of the molecule is CCCCCCCCC(CCCCCCCC)CCCCCCCN(CCCCCCCC(=O)OC(CC)CCCCCCCC)CCCN=C(NC#N)N(C)C. The van der Waals surface area contributed by atoms with Crippen LogP contribution in [0.1, 0.15) is 252 Å². The van der Waals surface area contributed by atoms with Gasteiger partial charge in [0.15, 0.2) is 6.19 Å². The quantitative estimate of drug-likeness (QED) is 0.0165. The Labute approximate surface area is 356 Å². The third kappa shape index (κ3) is 38.2. The van der Waals surface area contributed by atoms with Crippen LogP contribution in [-0.2, 0) is 9.53 Å². The number of rotatable bonds is 43. The molecule has 0 rings (SSSR count). The zero-order valence-corrected chi connectivity index (χ0v) is 39.3. The van der Waals surface area contributed by atoms with E-state index in [1.807, 2.05) is 25.2 Å². The number of unbranched alkanes of at least 4 members (excludes halogenated alkanes) is 23. The highest BCUT2D eigenvalue weighted by molar-refractivity contribution is 5.80. The summed E-state index contributed by atoms with van der Waals surface area (Å²) in [6.07, 6.45) is 47.2. The van der Waals surface area contributed by atoms with Crippen LogP contribution in [0.4, 0.5) is 0 Å². The molecule has 0 spiro atoms. The highest BCUT2D eigenvalue weighted by Gasteiger charge is 2.13. The molecule has 0 amide bonds. The van der Waals surface area contributed by atoms with Gasteiger partial charge in [-0.2, -0.15) is 5.26 Å². The van der Waals surface area contributed by atoms with Gasteiger partial charge in [0.1, 0.15) is 6.10 Å². The van der Waals surface area contributed by atoms with Crippen LogP contribution in [0.2, 0.25) is 0 Å². The number of hydrogen-bond donors (Lipinski definition) is 1. The molecule has 0 radical (unpaired) electrons. The standard InChI is InChI=1S/C50H99N5O2/c1-7-11-14-17-22-29-37-47(38-30-23-18-15-12-8-2)39-31-24-20-27-34-43-55(45-36-42-52-50(53-46-51)54(5)6)44-35-28-21-26-33-41-49(56)57-48(10-4)40-32-25-19-16-13-9-3/h47-48H,7-45H2,1-6H3,(H,52,53). The summed E-state index contributed by atoms with van der Waals surface area (Å²) >= 11 is 0. The number of guanidine groups is 1. The highest BCUT2D eigenvalue weighted by Crippen LogP contribution is 2.25. The van der Waals surface area contributed by atoms with Crippen molar-refractivity contribution in [3.8, 4) is 6.19 Å². The lowest BCUT2D eigenvalue weighted by molar-refractivity contribution is -0.149. The number of aliphatic imine (C=N–C) groups is 1. The van der Waals surface area contributed by atoms with Gasteiger partial charge in [-0.25, -0.2) is 0 Å². The van der Waals surface area contributed by atoms with Crippen LogP contribution in [0.5, 0.6) is 0 Å². The first-order valence-electron chi connectivity index (χ1n) is 25.2. The summed E-state index contributed by atoms with van der Waals surface area (Å²) < 4.78 is 5.83. The molecule has 0 bridgehead atoms. The molecule has 336 valence electrons. The number of nitriles is 1. The van der Waals surface area contributed by atoms with Gasteiger partial charge in [0.2, 0.25) is 5.96 Å². The molecule has 7 heteroatoms. The van der Waals surface area contributed by atoms with Crippen molar-refractivity contribution in [3.05, 3.63) is 0 Å². The van der Waals surface area contributed by atoms with E-state index in [0.29, 0.717) is 12.4 Å². The molecule has 0 saturated carbocycles. The first kappa shape index (κ1) is 55.2. The minimum absolute atomic E-state index is 0.00483. The van der Waals surface area contributed by atoms with E-state index < -0.39 is 0 Å². The van der Waals surface area contributed by atoms with Gasteiger partial charge in [-0.15, -0.1) is 0 Å². The zero-order chi connectivity index (χ0) is 41.9. The van der Waals surface area contributed by atoms with Crippen molar-refractivity contribution < 1.29 is 9.53 Å². The molecular weight excluding hydrogens is 703 g/mol. The summed E-state index contributed by atoms with van der Waals surface area (Å²) in [5, 5.41) is 11.8. The first-order chi connectivity index (χ1) is 27.9. The van der Waals surface area contributed by atoms with Crippen molar-refractivity contribution in [2.45, 2.75) is 259 Å². The van der Waals surface area contributed by atoms with Gasteiger partial charge in [-0.1, -0.05) is 201 Å². The third-order valence-electron chi connectivity index (χ3n) is 12.0. The minimum Gasteiger partial charge on any atom is -0.462 e. The Balaban J connectivity index is 4.59. The number of ether oxygens (including phenoxy) is 1. The Morgan fingerprint density at radius 3 is 1.40 bits per heavy atom. The number of carbonyl (C=O) groups excluding carboxylic acids is 1. The normalized spacial score (nSPS) is 12.4. The van der Waals surface area contributed by atoms with Gasteiger partial charge < -0.3 is 14.5 Å². The van der Waals surface area contributed by atoms with Crippen molar-refractivity contribution in [1.82, 2.24) is 15.1 Å². The molecule has 0 aromatic heterocycles. The minimum atomic E-state index is 0.00483. The lowest BCUT2D eigenvalue weighted by atomic mass is 9.89. The summed E-state index contributed by atoms with van der Waals surface area (Å²) in [4.78, 5) is 21.7. The fourth-order valence-corrected chi connectivity index (χ4v) is 8.19. The van der Waals surface area contributed by atoms with E-state index in [0.717, 1.165) is 57.7 Å². The molecule has 0 aromatic rings. The maximum Gasteiger partial charge on any atom is 0.306 e. The van der Waals surface area contributed by atoms with E-state index in [1.54, 1.807) is 0 Å². The van der Waals surface area contributed by atoms with E-state index in [-0.39, 0.29) is 12.1 Å². The Hall–Kier alpha value is -1.81. The van der Waals surface area contributed by atoms with Gasteiger partial charge in [0, 0.05) is 27.1 Å². The van der Waals surface area contributed by atoms with Crippen molar-refractivity contribution in [2.75, 3.05) is 40.3 Å². The summed E-state index contributed by atoms with van der Waals surface area (Å²) in [7, 11) is 3.84. The topological polar surface area (TPSA) is 81.0 Å². The number of hydrogen-bond acceptors (Lipinski definition) is 5. The Bertz CT molecular complexity index is 903. The Morgan fingerprint density at radius 2 is 0.965 bits per heavy atom. The molecule has 0 heterocycles. The van der Waals surface area contributed by atoms with Crippen molar-refractivity contribution in [3.63, 3.8) is 0 Å². The smallest absolute Gasteiger partial charge is 0.306 e. The molecule has 7 nitrogen and oxygen atoms in total. The fourth-order valence-electron chi connectivity index (χ4n) is 8.19. The van der Waals surface area contributed by atoms with Gasteiger partial charge in [-0.05, 0) is 70.5 Å². The molecule has 57 heavy (non-hydrogen) atoms. The fraction of sp³-hybridized carbons (Fsp3) is 0.940. The Morgan fingerprint density at radius 1 is 0.561 bits per heavy atom. The van der Waals surface area contributed by atoms with Gasteiger partial charge in [-0.3, -0.25) is 15.1 Å². The largest absolute Gasteiger partial charge is 0.462 e. The maximum atomic E-state index is 12.5. The zero-order valence-electron chi connectivity index (χ0n) is 39.3. The third-order valence-corrected chi connectivity index (χ3v) is 12.0. The second-order valence-corrected chi connectivity index (χ2v) is 17.7. The maximum absolute atomic E-state index is 12.5. The molecule has 0 fully saturated rings. The molecule has 0 aliphatic heterocycles. The number of nitrogens with one attached hydrogen (secondary N) is 1.